The molecular weight excluding hydrogens is 320 g/mol. The van der Waals surface area contributed by atoms with Gasteiger partial charge in [-0.3, -0.25) is 4.79 Å². The first kappa shape index (κ1) is 17.6. The van der Waals surface area contributed by atoms with Gasteiger partial charge in [0.2, 0.25) is 15.9 Å². The van der Waals surface area contributed by atoms with Crippen LogP contribution in [0, 0.1) is 0 Å². The van der Waals surface area contributed by atoms with E-state index in [-0.39, 0.29) is 29.6 Å². The summed E-state index contributed by atoms with van der Waals surface area (Å²) in [5.41, 5.74) is 0. The number of hydrogen-bond donors (Lipinski definition) is 0. The summed E-state index contributed by atoms with van der Waals surface area (Å²) in [6.07, 6.45) is 0.430. The molecule has 0 saturated carbocycles. The molecule has 128 valence electrons. The lowest BCUT2D eigenvalue weighted by Gasteiger charge is -2.34. The first-order valence-corrected chi connectivity index (χ1v) is 8.88. The molecule has 1 fully saturated rings. The largest absolute Gasteiger partial charge is 0.497 e. The maximum Gasteiger partial charge on any atom is 0.246 e. The fraction of sp³-hybridized carbons (Fsp3) is 0.533. The minimum Gasteiger partial charge on any atom is -0.497 e. The average molecular weight is 342 g/mol. The van der Waals surface area contributed by atoms with E-state index in [9.17, 15) is 13.2 Å². The number of methoxy groups -OCH3 is 2. The van der Waals surface area contributed by atoms with E-state index in [4.69, 9.17) is 9.47 Å². The molecule has 23 heavy (non-hydrogen) atoms. The van der Waals surface area contributed by atoms with Gasteiger partial charge in [0, 0.05) is 38.7 Å². The first-order chi connectivity index (χ1) is 10.9. The summed E-state index contributed by atoms with van der Waals surface area (Å²) in [6, 6.07) is 4.62. The Kier molecular flexibility index (Phi) is 5.48. The second-order valence-electron chi connectivity index (χ2n) is 5.16. The molecule has 1 saturated heterocycles. The Bertz CT molecular complexity index is 666. The van der Waals surface area contributed by atoms with Crippen LogP contribution in [0.1, 0.15) is 13.3 Å². The summed E-state index contributed by atoms with van der Waals surface area (Å²) >= 11 is 0. The maximum atomic E-state index is 12.8. The zero-order valence-corrected chi connectivity index (χ0v) is 14.4. The van der Waals surface area contributed by atoms with Gasteiger partial charge in [-0.1, -0.05) is 6.92 Å². The quantitative estimate of drug-likeness (QED) is 0.796. The van der Waals surface area contributed by atoms with Crippen molar-refractivity contribution in [2.45, 2.75) is 18.2 Å². The second kappa shape index (κ2) is 7.18. The molecule has 0 atom stereocenters. The topological polar surface area (TPSA) is 76.2 Å². The van der Waals surface area contributed by atoms with Gasteiger partial charge in [0.25, 0.3) is 0 Å². The van der Waals surface area contributed by atoms with E-state index >= 15 is 0 Å². The van der Waals surface area contributed by atoms with Gasteiger partial charge in [-0.2, -0.15) is 4.31 Å². The monoisotopic (exact) mass is 342 g/mol. The zero-order chi connectivity index (χ0) is 17.0. The Morgan fingerprint density at radius 3 is 2.30 bits per heavy atom. The van der Waals surface area contributed by atoms with E-state index in [0.29, 0.717) is 25.3 Å². The Morgan fingerprint density at radius 2 is 1.78 bits per heavy atom. The number of sulfonamides is 1. The molecule has 2 rings (SSSR count). The maximum absolute atomic E-state index is 12.8. The van der Waals surface area contributed by atoms with Gasteiger partial charge >= 0.3 is 0 Å². The number of ether oxygens (including phenoxy) is 2. The van der Waals surface area contributed by atoms with Crippen molar-refractivity contribution >= 4 is 15.9 Å². The van der Waals surface area contributed by atoms with E-state index in [1.165, 1.54) is 24.6 Å². The smallest absolute Gasteiger partial charge is 0.246 e. The summed E-state index contributed by atoms with van der Waals surface area (Å²) in [5, 5.41) is 0. The number of piperazine rings is 1. The average Bonchev–Trinajstić information content (AvgIpc) is 2.60. The molecule has 1 amide bonds. The third-order valence-electron chi connectivity index (χ3n) is 3.88. The van der Waals surface area contributed by atoms with Gasteiger partial charge in [0.15, 0.2) is 0 Å². The minimum atomic E-state index is -3.67. The predicted molar refractivity (Wildman–Crippen MR) is 85.2 cm³/mol. The van der Waals surface area contributed by atoms with Crippen LogP contribution in [0.3, 0.4) is 0 Å². The molecule has 1 heterocycles. The lowest BCUT2D eigenvalue weighted by molar-refractivity contribution is -0.132. The molecule has 0 spiro atoms. The highest BCUT2D eigenvalue weighted by Gasteiger charge is 2.31. The van der Waals surface area contributed by atoms with E-state index in [1.807, 2.05) is 0 Å². The summed E-state index contributed by atoms with van der Waals surface area (Å²) < 4.78 is 37.3. The summed E-state index contributed by atoms with van der Waals surface area (Å²) in [4.78, 5) is 13.5. The number of amides is 1. The van der Waals surface area contributed by atoms with Crippen LogP contribution < -0.4 is 9.47 Å². The minimum absolute atomic E-state index is 0.0454. The molecule has 0 unspecified atom stereocenters. The van der Waals surface area contributed by atoms with E-state index in [2.05, 4.69) is 0 Å². The molecule has 0 aromatic heterocycles. The van der Waals surface area contributed by atoms with Crippen LogP contribution in [0.15, 0.2) is 23.1 Å². The molecule has 0 bridgehead atoms. The van der Waals surface area contributed by atoms with Gasteiger partial charge in [0.05, 0.1) is 14.2 Å². The Labute approximate surface area is 136 Å². The van der Waals surface area contributed by atoms with Gasteiger partial charge in [0.1, 0.15) is 16.4 Å². The highest BCUT2D eigenvalue weighted by molar-refractivity contribution is 7.89. The summed E-state index contributed by atoms with van der Waals surface area (Å²) in [7, 11) is -0.742. The van der Waals surface area contributed by atoms with Crippen molar-refractivity contribution < 1.29 is 22.7 Å². The number of rotatable bonds is 5. The molecule has 8 heteroatoms. The molecular formula is C15H22N2O5S. The number of benzene rings is 1. The van der Waals surface area contributed by atoms with Gasteiger partial charge in [-0.15, -0.1) is 0 Å². The van der Waals surface area contributed by atoms with E-state index < -0.39 is 10.0 Å². The standard InChI is InChI=1S/C15H22N2O5S/c1-4-15(18)16-7-9-17(10-8-16)23(19,20)14-6-5-12(21-2)11-13(14)22-3/h5-6,11H,4,7-10H2,1-3H3. The highest BCUT2D eigenvalue weighted by atomic mass is 32.2. The SMILES string of the molecule is CCC(=O)N1CCN(S(=O)(=O)c2ccc(OC)cc2OC)CC1. The molecule has 0 N–H and O–H groups in total. The van der Waals surface area contributed by atoms with Crippen LogP contribution in [0.4, 0.5) is 0 Å². The summed E-state index contributed by atoms with van der Waals surface area (Å²) in [6.45, 7) is 3.18. The lowest BCUT2D eigenvalue weighted by Crippen LogP contribution is -2.50. The van der Waals surface area contributed by atoms with Crippen LogP contribution in [0.25, 0.3) is 0 Å². The Hall–Kier alpha value is -1.80. The second-order valence-corrected chi connectivity index (χ2v) is 7.06. The normalized spacial score (nSPS) is 16.2. The first-order valence-electron chi connectivity index (χ1n) is 7.44. The van der Waals surface area contributed by atoms with Crippen molar-refractivity contribution in [3.8, 4) is 11.5 Å². The van der Waals surface area contributed by atoms with Crippen LogP contribution >= 0.6 is 0 Å². The van der Waals surface area contributed by atoms with Crippen molar-refractivity contribution in [1.82, 2.24) is 9.21 Å². The number of nitrogens with zero attached hydrogens (tertiary/aromatic N) is 2. The van der Waals surface area contributed by atoms with Crippen LogP contribution in [-0.2, 0) is 14.8 Å². The van der Waals surface area contributed by atoms with Crippen LogP contribution in [-0.4, -0.2) is 63.9 Å². The van der Waals surface area contributed by atoms with Gasteiger partial charge in [-0.05, 0) is 12.1 Å². The molecule has 0 aliphatic carbocycles. The highest BCUT2D eigenvalue weighted by Crippen LogP contribution is 2.31. The third-order valence-corrected chi connectivity index (χ3v) is 5.82. The molecule has 1 aromatic rings. The van der Waals surface area contributed by atoms with Gasteiger partial charge < -0.3 is 14.4 Å². The number of carbonyl (C=O) groups is 1. The molecule has 7 nitrogen and oxygen atoms in total. The van der Waals surface area contributed by atoms with Crippen LogP contribution in [0.2, 0.25) is 0 Å². The Morgan fingerprint density at radius 1 is 1.13 bits per heavy atom. The fourth-order valence-electron chi connectivity index (χ4n) is 2.53. The van der Waals surface area contributed by atoms with E-state index in [0.717, 1.165) is 0 Å². The van der Waals surface area contributed by atoms with E-state index in [1.54, 1.807) is 24.0 Å². The Balaban J connectivity index is 2.21. The van der Waals surface area contributed by atoms with Crippen LogP contribution in [0.5, 0.6) is 11.5 Å². The number of hydrogen-bond acceptors (Lipinski definition) is 5. The van der Waals surface area contributed by atoms with Gasteiger partial charge in [-0.25, -0.2) is 8.42 Å². The summed E-state index contributed by atoms with van der Waals surface area (Å²) in [5.74, 6) is 0.819. The zero-order valence-electron chi connectivity index (χ0n) is 13.6. The predicted octanol–water partition coefficient (Wildman–Crippen LogP) is 0.947. The van der Waals surface area contributed by atoms with Crippen molar-refractivity contribution in [3.05, 3.63) is 18.2 Å². The molecule has 1 aromatic carbocycles. The van der Waals surface area contributed by atoms with Crippen molar-refractivity contribution in [2.24, 2.45) is 0 Å². The number of carbonyl (C=O) groups excluding carboxylic acids is 1. The molecule has 0 radical (unpaired) electrons. The third kappa shape index (κ3) is 3.59. The van der Waals surface area contributed by atoms with Crippen molar-refractivity contribution in [2.75, 3.05) is 40.4 Å². The fourth-order valence-corrected chi connectivity index (χ4v) is 4.09. The van der Waals surface area contributed by atoms with Crippen molar-refractivity contribution in [1.29, 1.82) is 0 Å². The molecule has 1 aliphatic rings. The molecule has 1 aliphatic heterocycles. The van der Waals surface area contributed by atoms with Crippen molar-refractivity contribution in [3.63, 3.8) is 0 Å². The lowest BCUT2D eigenvalue weighted by atomic mass is 10.3.